The molecule has 23 heavy (non-hydrogen) atoms. The predicted molar refractivity (Wildman–Crippen MR) is 95.9 cm³/mol. The second-order valence-corrected chi connectivity index (χ2v) is 6.65. The van der Waals surface area contributed by atoms with E-state index >= 15 is 0 Å². The van der Waals surface area contributed by atoms with Crippen molar-refractivity contribution in [2.24, 2.45) is 4.99 Å². The summed E-state index contributed by atoms with van der Waals surface area (Å²) in [7, 11) is 0. The molecule has 4 heteroatoms. The number of aliphatic imine (C=N–C) groups is 1. The molecule has 1 heterocycles. The number of benzene rings is 2. The van der Waals surface area contributed by atoms with Gasteiger partial charge in [0.1, 0.15) is 17.1 Å². The molecule has 3 aromatic rings. The second kappa shape index (κ2) is 5.85. The molecule has 116 valence electrons. The molecule has 0 radical (unpaired) electrons. The van der Waals surface area contributed by atoms with Crippen LogP contribution >= 0.6 is 15.9 Å². The Morgan fingerprint density at radius 3 is 2.74 bits per heavy atom. The van der Waals surface area contributed by atoms with Gasteiger partial charge in [-0.25, -0.2) is 0 Å². The zero-order chi connectivity index (χ0) is 15.8. The Hall–Kier alpha value is -2.07. The molecule has 0 fully saturated rings. The van der Waals surface area contributed by atoms with Crippen LogP contribution in [0.2, 0.25) is 0 Å². The fourth-order valence-electron chi connectivity index (χ4n) is 3.19. The topological polar surface area (TPSA) is 45.7 Å². The summed E-state index contributed by atoms with van der Waals surface area (Å²) in [5.41, 5.74) is 3.63. The van der Waals surface area contributed by atoms with Crippen molar-refractivity contribution in [3.05, 3.63) is 57.8 Å². The van der Waals surface area contributed by atoms with Crippen LogP contribution in [0.4, 0.5) is 5.69 Å². The fourth-order valence-corrected chi connectivity index (χ4v) is 3.61. The van der Waals surface area contributed by atoms with Gasteiger partial charge < -0.3 is 9.52 Å². The average Bonchev–Trinajstić information content (AvgIpc) is 2.94. The number of hydrogen-bond acceptors (Lipinski definition) is 3. The quantitative estimate of drug-likeness (QED) is 0.603. The van der Waals surface area contributed by atoms with Gasteiger partial charge in [0, 0.05) is 29.1 Å². The van der Waals surface area contributed by atoms with Crippen LogP contribution in [0.25, 0.3) is 11.0 Å². The number of phenolic OH excluding ortho intramolecular Hbond substituents is 1. The van der Waals surface area contributed by atoms with Gasteiger partial charge in [0.2, 0.25) is 0 Å². The SMILES string of the molecule is Oc1c(Br)cc2oc3c(c2c1C=Nc1ccccc1)CCCC3. The molecule has 0 saturated heterocycles. The minimum atomic E-state index is 0.214. The lowest BCUT2D eigenvalue weighted by Crippen LogP contribution is -1.99. The number of fused-ring (bicyclic) bond motifs is 3. The van der Waals surface area contributed by atoms with Crippen LogP contribution < -0.4 is 0 Å². The first-order valence-corrected chi connectivity index (χ1v) is 8.58. The number of hydrogen-bond donors (Lipinski definition) is 1. The zero-order valence-electron chi connectivity index (χ0n) is 12.6. The van der Waals surface area contributed by atoms with E-state index in [-0.39, 0.29) is 5.75 Å². The van der Waals surface area contributed by atoms with Crippen LogP contribution in [0.5, 0.6) is 5.75 Å². The molecule has 1 N–H and O–H groups in total. The number of phenols is 1. The van der Waals surface area contributed by atoms with E-state index in [0.29, 0.717) is 4.47 Å². The molecular weight excluding hydrogens is 354 g/mol. The van der Waals surface area contributed by atoms with E-state index in [1.165, 1.54) is 5.56 Å². The summed E-state index contributed by atoms with van der Waals surface area (Å²) < 4.78 is 6.65. The summed E-state index contributed by atoms with van der Waals surface area (Å²) in [6, 6.07) is 11.6. The molecule has 4 rings (SSSR count). The number of furan rings is 1. The molecule has 3 nitrogen and oxygen atoms in total. The maximum atomic E-state index is 10.5. The van der Waals surface area contributed by atoms with E-state index < -0.39 is 0 Å². The van der Waals surface area contributed by atoms with Crippen molar-refractivity contribution in [1.29, 1.82) is 0 Å². The average molecular weight is 370 g/mol. The first-order valence-electron chi connectivity index (χ1n) is 7.79. The first-order chi connectivity index (χ1) is 11.2. The van der Waals surface area contributed by atoms with Crippen LogP contribution in [-0.4, -0.2) is 11.3 Å². The van der Waals surface area contributed by atoms with Gasteiger partial charge in [-0.1, -0.05) is 18.2 Å². The lowest BCUT2D eigenvalue weighted by atomic mass is 9.94. The summed E-state index contributed by atoms with van der Waals surface area (Å²) in [6.45, 7) is 0. The fraction of sp³-hybridized carbons (Fsp3) is 0.211. The molecule has 1 aliphatic rings. The molecule has 2 aromatic carbocycles. The van der Waals surface area contributed by atoms with Gasteiger partial charge in [0.15, 0.2) is 0 Å². The number of aryl methyl sites for hydroxylation is 2. The first kappa shape index (κ1) is 14.5. The van der Waals surface area contributed by atoms with Crippen LogP contribution in [0, 0.1) is 0 Å². The second-order valence-electron chi connectivity index (χ2n) is 5.80. The summed E-state index contributed by atoms with van der Waals surface area (Å²) >= 11 is 3.42. The third-order valence-electron chi connectivity index (χ3n) is 4.31. The van der Waals surface area contributed by atoms with Crippen molar-refractivity contribution in [2.75, 3.05) is 0 Å². The molecule has 1 aromatic heterocycles. The maximum Gasteiger partial charge on any atom is 0.139 e. The van der Waals surface area contributed by atoms with E-state index in [4.69, 9.17) is 4.42 Å². The standard InChI is InChI=1S/C19H16BrNO2/c20-15-10-17-18(13-8-4-5-9-16(13)23-17)14(19(15)22)11-21-12-6-2-1-3-7-12/h1-3,6-7,10-11,22H,4-5,8-9H2. The van der Waals surface area contributed by atoms with Crippen molar-refractivity contribution in [2.45, 2.75) is 25.7 Å². The Bertz CT molecular complexity index is 897. The summed E-state index contributed by atoms with van der Waals surface area (Å²) in [4.78, 5) is 4.51. The minimum Gasteiger partial charge on any atom is -0.506 e. The summed E-state index contributed by atoms with van der Waals surface area (Å²) in [6.07, 6.45) is 6.02. The van der Waals surface area contributed by atoms with Gasteiger partial charge in [0.25, 0.3) is 0 Å². The highest BCUT2D eigenvalue weighted by Gasteiger charge is 2.22. The van der Waals surface area contributed by atoms with Crippen molar-refractivity contribution in [1.82, 2.24) is 0 Å². The van der Waals surface area contributed by atoms with E-state index in [2.05, 4.69) is 20.9 Å². The lowest BCUT2D eigenvalue weighted by molar-refractivity contribution is 0.471. The van der Waals surface area contributed by atoms with Gasteiger partial charge in [-0.05, 0) is 53.4 Å². The number of nitrogens with zero attached hydrogens (tertiary/aromatic N) is 1. The van der Waals surface area contributed by atoms with Crippen LogP contribution in [-0.2, 0) is 12.8 Å². The van der Waals surface area contributed by atoms with Crippen LogP contribution in [0.3, 0.4) is 0 Å². The Balaban J connectivity index is 1.91. The molecular formula is C19H16BrNO2. The van der Waals surface area contributed by atoms with E-state index in [1.807, 2.05) is 36.4 Å². The van der Waals surface area contributed by atoms with Crippen molar-refractivity contribution in [3.63, 3.8) is 0 Å². The molecule has 0 atom stereocenters. The molecule has 0 unspecified atom stereocenters. The summed E-state index contributed by atoms with van der Waals surface area (Å²) in [5.74, 6) is 1.27. The van der Waals surface area contributed by atoms with Gasteiger partial charge in [-0.2, -0.15) is 0 Å². The number of rotatable bonds is 2. The van der Waals surface area contributed by atoms with Gasteiger partial charge in [-0.3, -0.25) is 4.99 Å². The summed E-state index contributed by atoms with van der Waals surface area (Å²) in [5, 5.41) is 11.5. The Morgan fingerprint density at radius 2 is 1.91 bits per heavy atom. The van der Waals surface area contributed by atoms with Crippen LogP contribution in [0.15, 0.2) is 50.3 Å². The lowest BCUT2D eigenvalue weighted by Gasteiger charge is -2.10. The number of aromatic hydroxyl groups is 1. The van der Waals surface area contributed by atoms with E-state index in [0.717, 1.165) is 53.7 Å². The van der Waals surface area contributed by atoms with Crippen molar-refractivity contribution in [3.8, 4) is 5.75 Å². The highest BCUT2D eigenvalue weighted by Crippen LogP contribution is 2.40. The third-order valence-corrected chi connectivity index (χ3v) is 4.91. The van der Waals surface area contributed by atoms with Crippen molar-refractivity contribution < 1.29 is 9.52 Å². The molecule has 0 saturated carbocycles. The predicted octanol–water partition coefficient (Wildman–Crippen LogP) is 5.53. The maximum absolute atomic E-state index is 10.5. The largest absolute Gasteiger partial charge is 0.506 e. The smallest absolute Gasteiger partial charge is 0.139 e. The minimum absolute atomic E-state index is 0.214. The number of halogens is 1. The molecule has 0 spiro atoms. The normalized spacial score (nSPS) is 14.5. The number of para-hydroxylation sites is 1. The van der Waals surface area contributed by atoms with E-state index in [9.17, 15) is 5.11 Å². The third kappa shape index (κ3) is 2.57. The van der Waals surface area contributed by atoms with Crippen LogP contribution in [0.1, 0.15) is 29.7 Å². The van der Waals surface area contributed by atoms with Gasteiger partial charge in [0.05, 0.1) is 10.2 Å². The highest BCUT2D eigenvalue weighted by molar-refractivity contribution is 9.10. The highest BCUT2D eigenvalue weighted by atomic mass is 79.9. The Morgan fingerprint density at radius 1 is 1.13 bits per heavy atom. The van der Waals surface area contributed by atoms with E-state index in [1.54, 1.807) is 6.21 Å². The van der Waals surface area contributed by atoms with Gasteiger partial charge >= 0.3 is 0 Å². The van der Waals surface area contributed by atoms with Crippen molar-refractivity contribution >= 4 is 38.8 Å². The molecule has 0 bridgehead atoms. The molecule has 0 amide bonds. The molecule has 0 aliphatic heterocycles. The molecule has 1 aliphatic carbocycles. The zero-order valence-corrected chi connectivity index (χ0v) is 14.1. The Kier molecular flexibility index (Phi) is 3.69. The Labute approximate surface area is 142 Å². The monoisotopic (exact) mass is 369 g/mol. The van der Waals surface area contributed by atoms with Gasteiger partial charge in [-0.15, -0.1) is 0 Å².